The Morgan fingerprint density at radius 1 is 1.06 bits per heavy atom. The largest absolute Gasteiger partial charge is 0.342 e. The molecule has 0 saturated carbocycles. The Labute approximate surface area is 206 Å². The number of fused-ring (bicyclic) bond motifs is 1. The van der Waals surface area contributed by atoms with Gasteiger partial charge in [-0.2, -0.15) is 5.26 Å². The van der Waals surface area contributed by atoms with Crippen molar-refractivity contribution >= 4 is 63.4 Å². The molecule has 7 heteroatoms. The molecule has 3 aromatic carbocycles. The molecule has 0 fully saturated rings. The smallest absolute Gasteiger partial charge is 0.266 e. The quantitative estimate of drug-likeness (QED) is 0.231. The molecular weight excluding hydrogens is 477 g/mol. The summed E-state index contributed by atoms with van der Waals surface area (Å²) < 4.78 is 2.03. The van der Waals surface area contributed by atoms with E-state index in [-0.39, 0.29) is 5.57 Å². The average Bonchev–Trinajstić information content (AvgIpc) is 3.14. The van der Waals surface area contributed by atoms with E-state index in [2.05, 4.69) is 5.32 Å². The number of halogens is 3. The number of benzene rings is 3. The number of carbonyl (C=O) groups is 1. The number of hydrogen-bond acceptors (Lipinski definition) is 2. The van der Waals surface area contributed by atoms with E-state index in [0.29, 0.717) is 27.3 Å². The second-order valence-electron chi connectivity index (χ2n) is 7.50. The van der Waals surface area contributed by atoms with E-state index in [1.165, 1.54) is 0 Å². The molecule has 164 valence electrons. The number of nitriles is 1. The Hall–Kier alpha value is -3.23. The van der Waals surface area contributed by atoms with Crippen LogP contribution in [0.15, 0.2) is 72.4 Å². The van der Waals surface area contributed by atoms with Gasteiger partial charge in [-0.25, -0.2) is 0 Å². The van der Waals surface area contributed by atoms with Gasteiger partial charge < -0.3 is 9.88 Å². The normalized spacial score (nSPS) is 11.4. The molecule has 0 aliphatic heterocycles. The molecule has 0 bridgehead atoms. The van der Waals surface area contributed by atoms with Gasteiger partial charge in [-0.15, -0.1) is 0 Å². The summed E-state index contributed by atoms with van der Waals surface area (Å²) in [6.45, 7) is 2.32. The minimum Gasteiger partial charge on any atom is -0.342 e. The van der Waals surface area contributed by atoms with Crippen molar-refractivity contribution < 1.29 is 4.79 Å². The third-order valence-electron chi connectivity index (χ3n) is 5.36. The summed E-state index contributed by atoms with van der Waals surface area (Å²) in [6.07, 6.45) is 3.50. The fourth-order valence-electron chi connectivity index (χ4n) is 3.59. The van der Waals surface area contributed by atoms with Crippen LogP contribution in [0, 0.1) is 18.3 Å². The minimum absolute atomic E-state index is 0.0122. The predicted molar refractivity (Wildman–Crippen MR) is 136 cm³/mol. The summed E-state index contributed by atoms with van der Waals surface area (Å²) in [5.41, 5.74) is 3.91. The van der Waals surface area contributed by atoms with Crippen LogP contribution >= 0.6 is 34.8 Å². The molecule has 1 N–H and O–H groups in total. The fourth-order valence-corrected chi connectivity index (χ4v) is 4.23. The van der Waals surface area contributed by atoms with E-state index in [9.17, 15) is 10.1 Å². The third kappa shape index (κ3) is 4.91. The molecule has 4 nitrogen and oxygen atoms in total. The van der Waals surface area contributed by atoms with Crippen LogP contribution in [0.3, 0.4) is 0 Å². The lowest BCUT2D eigenvalue weighted by molar-refractivity contribution is -0.112. The van der Waals surface area contributed by atoms with Gasteiger partial charge in [-0.05, 0) is 54.5 Å². The van der Waals surface area contributed by atoms with Crippen LogP contribution < -0.4 is 5.32 Å². The molecular formula is C26H18Cl3N3O. The number of amides is 1. The van der Waals surface area contributed by atoms with Crippen molar-refractivity contribution in [3.8, 4) is 6.07 Å². The first-order chi connectivity index (χ1) is 15.9. The molecule has 0 aliphatic carbocycles. The second kappa shape index (κ2) is 9.72. The first-order valence-electron chi connectivity index (χ1n) is 10.1. The number of nitrogens with zero attached hydrogens (tertiary/aromatic N) is 2. The molecule has 0 unspecified atom stereocenters. The number of para-hydroxylation sites is 1. The Morgan fingerprint density at radius 2 is 1.85 bits per heavy atom. The SMILES string of the molecule is Cc1c(Cl)cccc1NC(=O)/C(C#N)=C\c1cn(Cc2ccc(Cl)cc2Cl)c2ccccc12. The molecule has 1 aromatic heterocycles. The van der Waals surface area contributed by atoms with E-state index in [0.717, 1.165) is 27.6 Å². The van der Waals surface area contributed by atoms with Crippen LogP contribution in [0.2, 0.25) is 15.1 Å². The highest BCUT2D eigenvalue weighted by atomic mass is 35.5. The zero-order valence-electron chi connectivity index (χ0n) is 17.6. The lowest BCUT2D eigenvalue weighted by atomic mass is 10.1. The summed E-state index contributed by atoms with van der Waals surface area (Å²) in [7, 11) is 0. The topological polar surface area (TPSA) is 57.8 Å². The van der Waals surface area contributed by atoms with Gasteiger partial charge in [0.15, 0.2) is 0 Å². The van der Waals surface area contributed by atoms with E-state index in [1.54, 1.807) is 36.4 Å². The zero-order valence-corrected chi connectivity index (χ0v) is 19.8. The van der Waals surface area contributed by atoms with Gasteiger partial charge in [0.2, 0.25) is 0 Å². The maximum absolute atomic E-state index is 12.8. The van der Waals surface area contributed by atoms with Crippen molar-refractivity contribution in [3.63, 3.8) is 0 Å². The van der Waals surface area contributed by atoms with Crippen molar-refractivity contribution in [2.24, 2.45) is 0 Å². The lowest BCUT2D eigenvalue weighted by Crippen LogP contribution is -2.14. The summed E-state index contributed by atoms with van der Waals surface area (Å²) in [5, 5.41) is 15.1. The maximum atomic E-state index is 12.8. The van der Waals surface area contributed by atoms with E-state index >= 15 is 0 Å². The molecule has 4 aromatic rings. The van der Waals surface area contributed by atoms with Crippen LogP contribution in [-0.4, -0.2) is 10.5 Å². The fraction of sp³-hybridized carbons (Fsp3) is 0.0769. The Kier molecular flexibility index (Phi) is 6.76. The van der Waals surface area contributed by atoms with Gasteiger partial charge in [-0.1, -0.05) is 65.1 Å². The van der Waals surface area contributed by atoms with E-state index < -0.39 is 5.91 Å². The van der Waals surface area contributed by atoms with Crippen LogP contribution in [0.1, 0.15) is 16.7 Å². The number of nitrogens with one attached hydrogen (secondary N) is 1. The van der Waals surface area contributed by atoms with Crippen LogP contribution in [-0.2, 0) is 11.3 Å². The molecule has 0 aliphatic rings. The Bertz CT molecular complexity index is 1450. The summed E-state index contributed by atoms with van der Waals surface area (Å²) in [6, 6.07) is 20.4. The summed E-state index contributed by atoms with van der Waals surface area (Å²) >= 11 is 18.5. The van der Waals surface area contributed by atoms with E-state index in [1.807, 2.05) is 54.1 Å². The molecule has 1 amide bonds. The summed E-state index contributed by atoms with van der Waals surface area (Å²) in [5.74, 6) is -0.500. The monoisotopic (exact) mass is 493 g/mol. The number of rotatable bonds is 5. The zero-order chi connectivity index (χ0) is 23.5. The van der Waals surface area contributed by atoms with Crippen molar-refractivity contribution in [1.29, 1.82) is 5.26 Å². The van der Waals surface area contributed by atoms with Gasteiger partial charge in [0.25, 0.3) is 5.91 Å². The standard InChI is InChI=1S/C26H18Cl3N3O/c1-16-22(28)6-4-7-24(16)31-26(33)18(13-30)11-19-15-32(25-8-3-2-5-21(19)25)14-17-9-10-20(27)12-23(17)29/h2-12,15H,14H2,1H3,(H,31,33)/b18-11-. The Morgan fingerprint density at radius 3 is 2.61 bits per heavy atom. The molecule has 33 heavy (non-hydrogen) atoms. The maximum Gasteiger partial charge on any atom is 0.266 e. The van der Waals surface area contributed by atoms with Gasteiger partial charge in [0, 0.05) is 50.0 Å². The molecule has 0 spiro atoms. The number of hydrogen-bond donors (Lipinski definition) is 1. The number of anilines is 1. The van der Waals surface area contributed by atoms with Crippen molar-refractivity contribution in [1.82, 2.24) is 4.57 Å². The molecule has 0 radical (unpaired) electrons. The molecule has 0 atom stereocenters. The van der Waals surface area contributed by atoms with Gasteiger partial charge >= 0.3 is 0 Å². The summed E-state index contributed by atoms with van der Waals surface area (Å²) in [4.78, 5) is 12.8. The van der Waals surface area contributed by atoms with Gasteiger partial charge in [0.05, 0.1) is 0 Å². The molecule has 1 heterocycles. The first-order valence-corrected chi connectivity index (χ1v) is 11.2. The lowest BCUT2D eigenvalue weighted by Gasteiger charge is -2.08. The average molecular weight is 495 g/mol. The number of carbonyl (C=O) groups excluding carboxylic acids is 1. The van der Waals surface area contributed by atoms with Gasteiger partial charge in [0.1, 0.15) is 11.6 Å². The van der Waals surface area contributed by atoms with Crippen molar-refractivity contribution in [2.75, 3.05) is 5.32 Å². The van der Waals surface area contributed by atoms with Crippen molar-refractivity contribution in [2.45, 2.75) is 13.5 Å². The van der Waals surface area contributed by atoms with Crippen LogP contribution in [0.4, 0.5) is 5.69 Å². The van der Waals surface area contributed by atoms with Gasteiger partial charge in [-0.3, -0.25) is 4.79 Å². The first kappa shape index (κ1) is 22.9. The number of aromatic nitrogens is 1. The highest BCUT2D eigenvalue weighted by Crippen LogP contribution is 2.28. The predicted octanol–water partition coefficient (Wildman–Crippen LogP) is 7.50. The highest BCUT2D eigenvalue weighted by molar-refractivity contribution is 6.35. The molecule has 4 rings (SSSR count). The minimum atomic E-state index is -0.500. The van der Waals surface area contributed by atoms with Crippen molar-refractivity contribution in [3.05, 3.63) is 104 Å². The second-order valence-corrected chi connectivity index (χ2v) is 8.75. The molecule has 0 saturated heterocycles. The highest BCUT2D eigenvalue weighted by Gasteiger charge is 2.15. The van der Waals surface area contributed by atoms with Crippen LogP contribution in [0.25, 0.3) is 17.0 Å². The van der Waals surface area contributed by atoms with Crippen LogP contribution in [0.5, 0.6) is 0 Å². The van der Waals surface area contributed by atoms with E-state index in [4.69, 9.17) is 34.8 Å². The third-order valence-corrected chi connectivity index (χ3v) is 6.35. The Balaban J connectivity index is 1.70.